The summed E-state index contributed by atoms with van der Waals surface area (Å²) in [6.07, 6.45) is 1.73. The lowest BCUT2D eigenvalue weighted by atomic mass is 9.95. The Morgan fingerprint density at radius 3 is 2.33 bits per heavy atom. The van der Waals surface area contributed by atoms with Crippen LogP contribution >= 0.6 is 43.2 Å². The zero-order valence-corrected chi connectivity index (χ0v) is 27.5. The third-order valence-corrected chi connectivity index (χ3v) is 8.51. The topological polar surface area (TPSA) is 115 Å². The minimum atomic E-state index is -0.845. The van der Waals surface area contributed by atoms with Crippen LogP contribution in [0.25, 0.3) is 6.08 Å². The van der Waals surface area contributed by atoms with Gasteiger partial charge in [0.25, 0.3) is 5.56 Å². The number of carbonyl (C=O) groups excluding carboxylic acids is 2. The zero-order chi connectivity index (χ0) is 30.6. The van der Waals surface area contributed by atoms with Crippen LogP contribution in [0, 0.1) is 0 Å². The van der Waals surface area contributed by atoms with E-state index < -0.39 is 18.0 Å². The Hall–Kier alpha value is -3.42. The molecule has 10 nitrogen and oxygen atoms in total. The lowest BCUT2D eigenvalue weighted by Crippen LogP contribution is -2.40. The smallest absolute Gasteiger partial charge is 0.344 e. The summed E-state index contributed by atoms with van der Waals surface area (Å²) in [5, 5.41) is 0. The quantitative estimate of drug-likeness (QED) is 0.285. The highest BCUT2D eigenvalue weighted by Gasteiger charge is 2.35. The van der Waals surface area contributed by atoms with Gasteiger partial charge < -0.3 is 23.7 Å². The van der Waals surface area contributed by atoms with Crippen molar-refractivity contribution < 1.29 is 33.3 Å². The number of allylic oxidation sites excluding steroid dienone is 1. The van der Waals surface area contributed by atoms with Crippen LogP contribution in [-0.4, -0.2) is 50.5 Å². The van der Waals surface area contributed by atoms with Crippen LogP contribution in [0.2, 0.25) is 0 Å². The predicted octanol–water partition coefficient (Wildman–Crippen LogP) is 4.28. The molecule has 3 aromatic rings. The van der Waals surface area contributed by atoms with Crippen LogP contribution in [0.3, 0.4) is 0 Å². The number of hydrogen-bond acceptors (Lipinski definition) is 10. The van der Waals surface area contributed by atoms with Crippen molar-refractivity contribution in [1.82, 2.24) is 4.57 Å². The van der Waals surface area contributed by atoms with Gasteiger partial charge in [0, 0.05) is 4.47 Å². The average Bonchev–Trinajstić information content (AvgIpc) is 3.25. The largest absolute Gasteiger partial charge is 0.493 e. The molecule has 0 amide bonds. The van der Waals surface area contributed by atoms with Crippen LogP contribution in [0.1, 0.15) is 37.9 Å². The van der Waals surface area contributed by atoms with Crippen molar-refractivity contribution in [2.45, 2.75) is 26.8 Å². The number of hydrogen-bond donors (Lipinski definition) is 0. The maximum absolute atomic E-state index is 14.0. The van der Waals surface area contributed by atoms with Crippen molar-refractivity contribution in [3.63, 3.8) is 0 Å². The molecule has 0 saturated heterocycles. The maximum Gasteiger partial charge on any atom is 0.344 e. The van der Waals surface area contributed by atoms with E-state index in [2.05, 4.69) is 36.9 Å². The SMILES string of the molecule is CCOC(=O)COc1ccc(/C=c2\sc3n(c2=O)[C@@H](c2cc(OC)c(OC)cc2Br)C(C(=O)OCC)=C(C)N=3)cc1Br. The first-order valence-electron chi connectivity index (χ1n) is 12.8. The highest BCUT2D eigenvalue weighted by atomic mass is 79.9. The lowest BCUT2D eigenvalue weighted by molar-refractivity contribution is -0.145. The van der Waals surface area contributed by atoms with Gasteiger partial charge in [0.15, 0.2) is 22.9 Å². The van der Waals surface area contributed by atoms with E-state index in [1.165, 1.54) is 30.1 Å². The molecule has 13 heteroatoms. The van der Waals surface area contributed by atoms with E-state index in [0.29, 0.717) is 52.4 Å². The third kappa shape index (κ3) is 6.47. The number of carbonyl (C=O) groups is 2. The third-order valence-electron chi connectivity index (χ3n) is 6.22. The number of rotatable bonds is 10. The molecule has 1 aliphatic heterocycles. The van der Waals surface area contributed by atoms with E-state index in [4.69, 9.17) is 23.7 Å². The van der Waals surface area contributed by atoms with E-state index in [1.807, 2.05) is 0 Å². The first kappa shape index (κ1) is 31.5. The first-order valence-corrected chi connectivity index (χ1v) is 15.2. The molecule has 4 rings (SSSR count). The van der Waals surface area contributed by atoms with Gasteiger partial charge >= 0.3 is 11.9 Å². The molecule has 0 aliphatic carbocycles. The average molecular weight is 724 g/mol. The highest BCUT2D eigenvalue weighted by Crippen LogP contribution is 2.40. The van der Waals surface area contributed by atoms with Crippen molar-refractivity contribution in [2.75, 3.05) is 34.0 Å². The summed E-state index contributed by atoms with van der Waals surface area (Å²) in [7, 11) is 3.04. The van der Waals surface area contributed by atoms with E-state index in [1.54, 1.807) is 57.2 Å². The number of aromatic nitrogens is 1. The molecule has 222 valence electrons. The molecule has 1 atom stereocenters. The van der Waals surface area contributed by atoms with Gasteiger partial charge in [-0.1, -0.05) is 33.3 Å². The number of fused-ring (bicyclic) bond motifs is 1. The van der Waals surface area contributed by atoms with Gasteiger partial charge in [0.2, 0.25) is 0 Å². The minimum Gasteiger partial charge on any atom is -0.493 e. The van der Waals surface area contributed by atoms with E-state index >= 15 is 0 Å². The summed E-state index contributed by atoms with van der Waals surface area (Å²) in [4.78, 5) is 43.9. The van der Waals surface area contributed by atoms with Crippen LogP contribution in [0.5, 0.6) is 17.2 Å². The molecular weight excluding hydrogens is 696 g/mol. The lowest BCUT2D eigenvalue weighted by Gasteiger charge is -2.26. The van der Waals surface area contributed by atoms with Crippen LogP contribution in [0.15, 0.2) is 60.3 Å². The summed E-state index contributed by atoms with van der Waals surface area (Å²) >= 11 is 8.26. The molecule has 0 saturated carbocycles. The number of ether oxygens (including phenoxy) is 5. The number of thiazole rings is 1. The molecule has 2 aromatic carbocycles. The molecule has 0 fully saturated rings. The van der Waals surface area contributed by atoms with Crippen LogP contribution in [0.4, 0.5) is 0 Å². The maximum atomic E-state index is 14.0. The molecule has 0 spiro atoms. The summed E-state index contributed by atoms with van der Waals surface area (Å²) in [6.45, 7) is 5.36. The van der Waals surface area contributed by atoms with Gasteiger partial charge in [0.05, 0.1) is 53.8 Å². The highest BCUT2D eigenvalue weighted by molar-refractivity contribution is 9.10. The molecule has 1 aromatic heterocycles. The molecule has 0 radical (unpaired) electrons. The Kier molecular flexibility index (Phi) is 10.3. The number of halogens is 2. The molecule has 0 N–H and O–H groups in total. The van der Waals surface area contributed by atoms with Gasteiger partial charge in [-0.2, -0.15) is 0 Å². The van der Waals surface area contributed by atoms with Crippen molar-refractivity contribution >= 4 is 61.2 Å². The molecule has 0 unspecified atom stereocenters. The summed E-state index contributed by atoms with van der Waals surface area (Å²) in [6, 6.07) is 7.85. The Labute approximate surface area is 262 Å². The van der Waals surface area contributed by atoms with E-state index in [9.17, 15) is 14.4 Å². The van der Waals surface area contributed by atoms with E-state index in [0.717, 1.165) is 0 Å². The summed E-state index contributed by atoms with van der Waals surface area (Å²) in [5.41, 5.74) is 1.66. The van der Waals surface area contributed by atoms with Gasteiger partial charge in [-0.05, 0) is 78.2 Å². The number of nitrogens with zero attached hydrogens (tertiary/aromatic N) is 2. The number of esters is 2. The second-order valence-corrected chi connectivity index (χ2v) is 11.5. The van der Waals surface area contributed by atoms with Crippen LogP contribution < -0.4 is 29.1 Å². The van der Waals surface area contributed by atoms with Gasteiger partial charge in [-0.15, -0.1) is 0 Å². The molecular formula is C29H28Br2N2O8S. The number of methoxy groups -OCH3 is 2. The van der Waals surface area contributed by atoms with Gasteiger partial charge in [0.1, 0.15) is 5.75 Å². The molecule has 42 heavy (non-hydrogen) atoms. The fourth-order valence-corrected chi connectivity index (χ4v) is 6.48. The Balaban J connectivity index is 1.84. The molecule has 2 heterocycles. The zero-order valence-electron chi connectivity index (χ0n) is 23.5. The molecule has 1 aliphatic rings. The van der Waals surface area contributed by atoms with Crippen LogP contribution in [-0.2, 0) is 19.1 Å². The Morgan fingerprint density at radius 2 is 1.69 bits per heavy atom. The minimum absolute atomic E-state index is 0.161. The summed E-state index contributed by atoms with van der Waals surface area (Å²) in [5.74, 6) is 0.337. The Morgan fingerprint density at radius 1 is 1.00 bits per heavy atom. The van der Waals surface area contributed by atoms with Crippen molar-refractivity contribution in [1.29, 1.82) is 0 Å². The van der Waals surface area contributed by atoms with Crippen molar-refractivity contribution in [2.24, 2.45) is 4.99 Å². The molecule has 0 bridgehead atoms. The van der Waals surface area contributed by atoms with Crippen molar-refractivity contribution in [3.05, 3.63) is 81.4 Å². The monoisotopic (exact) mass is 722 g/mol. The Bertz CT molecular complexity index is 1740. The van der Waals surface area contributed by atoms with E-state index in [-0.39, 0.29) is 31.0 Å². The second kappa shape index (κ2) is 13.7. The normalized spacial score (nSPS) is 14.6. The first-order chi connectivity index (χ1) is 20.1. The van der Waals surface area contributed by atoms with Gasteiger partial charge in [-0.3, -0.25) is 9.36 Å². The standard InChI is InChI=1S/C29H28Br2N2O8S/c1-6-39-24(34)14-41-20-9-8-16(10-19(20)31)11-23-27(35)33-26(17-12-21(37-4)22(38-5)13-18(17)30)25(28(36)40-7-2)15(3)32-29(33)42-23/h8-13,26H,6-7,14H2,1-5H3/b23-11-/t26-/m0/s1. The fraction of sp³-hybridized carbons (Fsp3) is 0.310. The predicted molar refractivity (Wildman–Crippen MR) is 164 cm³/mol. The summed E-state index contributed by atoms with van der Waals surface area (Å²) < 4.78 is 29.9. The van der Waals surface area contributed by atoms with Gasteiger partial charge in [-0.25, -0.2) is 14.6 Å². The fourth-order valence-electron chi connectivity index (χ4n) is 4.38. The number of benzene rings is 2. The second-order valence-electron chi connectivity index (χ2n) is 8.81. The van der Waals surface area contributed by atoms with Crippen molar-refractivity contribution in [3.8, 4) is 17.2 Å².